The van der Waals surface area contributed by atoms with Crippen molar-refractivity contribution in [1.82, 2.24) is 19.6 Å². The lowest BCUT2D eigenvalue weighted by atomic mass is 10.3. The van der Waals surface area contributed by atoms with Crippen LogP contribution in [-0.4, -0.2) is 38.2 Å². The Morgan fingerprint density at radius 3 is 2.85 bits per heavy atom. The van der Waals surface area contributed by atoms with Crippen molar-refractivity contribution in [3.05, 3.63) is 30.2 Å². The van der Waals surface area contributed by atoms with Crippen LogP contribution in [0.1, 0.15) is 10.5 Å². The molecule has 0 aromatic carbocycles. The first-order chi connectivity index (χ1) is 9.44. The standard InChI is InChI=1S/C11H10F3N5O/c12-11(13,14)7-17-4-2-8(16-17)10(20)18-5-6-19-9(18)1-3-15-19/h1-4H,5-7H2. The summed E-state index contributed by atoms with van der Waals surface area (Å²) in [4.78, 5) is 13.7. The van der Waals surface area contributed by atoms with Crippen LogP contribution in [-0.2, 0) is 13.1 Å². The number of hydrogen-bond acceptors (Lipinski definition) is 3. The molecule has 20 heavy (non-hydrogen) atoms. The maximum absolute atomic E-state index is 12.2. The molecule has 0 radical (unpaired) electrons. The molecule has 0 saturated carbocycles. The fourth-order valence-corrected chi connectivity index (χ4v) is 2.13. The predicted octanol–water partition coefficient (Wildman–Crippen LogP) is 1.30. The Kier molecular flexibility index (Phi) is 2.77. The summed E-state index contributed by atoms with van der Waals surface area (Å²) < 4.78 is 39.1. The monoisotopic (exact) mass is 285 g/mol. The van der Waals surface area contributed by atoms with Gasteiger partial charge in [-0.25, -0.2) is 4.68 Å². The highest BCUT2D eigenvalue weighted by molar-refractivity contribution is 6.04. The van der Waals surface area contributed by atoms with Crippen LogP contribution in [0.5, 0.6) is 0 Å². The van der Waals surface area contributed by atoms with Crippen molar-refractivity contribution in [1.29, 1.82) is 0 Å². The van der Waals surface area contributed by atoms with E-state index in [9.17, 15) is 18.0 Å². The smallest absolute Gasteiger partial charge is 0.290 e. The van der Waals surface area contributed by atoms with E-state index >= 15 is 0 Å². The summed E-state index contributed by atoms with van der Waals surface area (Å²) in [6.07, 6.45) is -1.65. The Balaban J connectivity index is 1.79. The molecular weight excluding hydrogens is 275 g/mol. The number of rotatable bonds is 2. The van der Waals surface area contributed by atoms with Gasteiger partial charge in [0.15, 0.2) is 5.69 Å². The normalized spacial score (nSPS) is 14.7. The molecule has 0 spiro atoms. The van der Waals surface area contributed by atoms with E-state index < -0.39 is 18.6 Å². The van der Waals surface area contributed by atoms with Gasteiger partial charge in [-0.15, -0.1) is 0 Å². The molecule has 3 rings (SSSR count). The van der Waals surface area contributed by atoms with Gasteiger partial charge in [0.1, 0.15) is 12.4 Å². The molecule has 106 valence electrons. The highest BCUT2D eigenvalue weighted by Gasteiger charge is 2.30. The van der Waals surface area contributed by atoms with Gasteiger partial charge >= 0.3 is 6.18 Å². The molecule has 2 aromatic rings. The second-order valence-electron chi connectivity index (χ2n) is 4.38. The first-order valence-electron chi connectivity index (χ1n) is 5.88. The van der Waals surface area contributed by atoms with Crippen molar-refractivity contribution in [3.8, 4) is 0 Å². The molecule has 0 N–H and O–H groups in total. The van der Waals surface area contributed by atoms with E-state index in [0.29, 0.717) is 23.6 Å². The highest BCUT2D eigenvalue weighted by Crippen LogP contribution is 2.22. The SMILES string of the molecule is O=C(c1ccn(CC(F)(F)F)n1)N1CCn2nccc21. The zero-order valence-corrected chi connectivity index (χ0v) is 10.2. The number of halogens is 3. The van der Waals surface area contributed by atoms with E-state index in [1.54, 1.807) is 16.9 Å². The molecular formula is C11H10F3N5O. The van der Waals surface area contributed by atoms with Crippen molar-refractivity contribution in [2.75, 3.05) is 11.4 Å². The Morgan fingerprint density at radius 2 is 2.10 bits per heavy atom. The molecule has 1 aliphatic rings. The third-order valence-corrected chi connectivity index (χ3v) is 2.95. The summed E-state index contributed by atoms with van der Waals surface area (Å²) >= 11 is 0. The molecule has 3 heterocycles. The minimum Gasteiger partial charge on any atom is -0.290 e. The first kappa shape index (κ1) is 12.7. The van der Waals surface area contributed by atoms with Crippen LogP contribution in [0.4, 0.5) is 19.0 Å². The maximum atomic E-state index is 12.2. The van der Waals surface area contributed by atoms with Gasteiger partial charge in [0, 0.05) is 18.8 Å². The Bertz CT molecular complexity index is 645. The lowest BCUT2D eigenvalue weighted by Gasteiger charge is -2.12. The van der Waals surface area contributed by atoms with Crippen LogP contribution in [0.25, 0.3) is 0 Å². The van der Waals surface area contributed by atoms with Gasteiger partial charge in [-0.2, -0.15) is 23.4 Å². The number of nitrogens with zero attached hydrogens (tertiary/aromatic N) is 5. The summed E-state index contributed by atoms with van der Waals surface area (Å²) in [5, 5.41) is 7.70. The number of alkyl halides is 3. The van der Waals surface area contributed by atoms with Gasteiger partial charge < -0.3 is 0 Å². The number of hydrogen-bond donors (Lipinski definition) is 0. The van der Waals surface area contributed by atoms with Crippen molar-refractivity contribution >= 4 is 11.7 Å². The van der Waals surface area contributed by atoms with Crippen LogP contribution in [0.2, 0.25) is 0 Å². The fraction of sp³-hybridized carbons (Fsp3) is 0.364. The zero-order valence-electron chi connectivity index (χ0n) is 10.2. The van der Waals surface area contributed by atoms with Gasteiger partial charge in [-0.3, -0.25) is 14.4 Å². The average Bonchev–Trinajstić information content (AvgIpc) is 2.99. The van der Waals surface area contributed by atoms with E-state index in [1.165, 1.54) is 11.0 Å². The van der Waals surface area contributed by atoms with Crippen LogP contribution in [0.15, 0.2) is 24.5 Å². The summed E-state index contributed by atoms with van der Waals surface area (Å²) in [6.45, 7) is -0.205. The van der Waals surface area contributed by atoms with E-state index in [-0.39, 0.29) is 5.69 Å². The first-order valence-corrected chi connectivity index (χ1v) is 5.88. The molecule has 0 fully saturated rings. The van der Waals surface area contributed by atoms with E-state index in [0.717, 1.165) is 6.20 Å². The number of carbonyl (C=O) groups is 1. The molecule has 9 heteroatoms. The molecule has 2 aromatic heterocycles. The second-order valence-corrected chi connectivity index (χ2v) is 4.38. The van der Waals surface area contributed by atoms with Gasteiger partial charge in [0.25, 0.3) is 5.91 Å². The highest BCUT2D eigenvalue weighted by atomic mass is 19.4. The van der Waals surface area contributed by atoms with Crippen LogP contribution < -0.4 is 4.90 Å². The molecule has 0 aliphatic carbocycles. The number of anilines is 1. The molecule has 1 aliphatic heterocycles. The van der Waals surface area contributed by atoms with E-state index in [1.807, 2.05) is 0 Å². The van der Waals surface area contributed by atoms with Crippen molar-refractivity contribution in [2.45, 2.75) is 19.3 Å². The fourth-order valence-electron chi connectivity index (χ4n) is 2.13. The third-order valence-electron chi connectivity index (χ3n) is 2.95. The minimum atomic E-state index is -4.36. The number of aromatic nitrogens is 4. The zero-order chi connectivity index (χ0) is 14.3. The summed E-state index contributed by atoms with van der Waals surface area (Å²) in [7, 11) is 0. The summed E-state index contributed by atoms with van der Waals surface area (Å²) in [5.41, 5.74) is -0.0103. The summed E-state index contributed by atoms with van der Waals surface area (Å²) in [5.74, 6) is 0.200. The molecule has 0 unspecified atom stereocenters. The van der Waals surface area contributed by atoms with Crippen LogP contribution >= 0.6 is 0 Å². The third kappa shape index (κ3) is 2.26. The Labute approximate surface area is 111 Å². The van der Waals surface area contributed by atoms with Gasteiger partial charge in [0.05, 0.1) is 12.7 Å². The average molecular weight is 285 g/mol. The van der Waals surface area contributed by atoms with Gasteiger partial charge in [-0.1, -0.05) is 0 Å². The van der Waals surface area contributed by atoms with Crippen LogP contribution in [0.3, 0.4) is 0 Å². The Morgan fingerprint density at radius 1 is 1.30 bits per heavy atom. The number of carbonyl (C=O) groups excluding carboxylic acids is 1. The van der Waals surface area contributed by atoms with E-state index in [2.05, 4.69) is 10.2 Å². The molecule has 0 bridgehead atoms. The molecule has 0 saturated heterocycles. The summed E-state index contributed by atoms with van der Waals surface area (Å²) in [6, 6.07) is 2.96. The van der Waals surface area contributed by atoms with Crippen LogP contribution in [0, 0.1) is 0 Å². The topological polar surface area (TPSA) is 56.0 Å². The maximum Gasteiger partial charge on any atom is 0.408 e. The molecule has 6 nitrogen and oxygen atoms in total. The van der Waals surface area contributed by atoms with Gasteiger partial charge in [-0.05, 0) is 6.07 Å². The minimum absolute atomic E-state index is 0.0103. The Hall–Kier alpha value is -2.32. The van der Waals surface area contributed by atoms with Crippen molar-refractivity contribution < 1.29 is 18.0 Å². The number of fused-ring (bicyclic) bond motifs is 1. The lowest BCUT2D eigenvalue weighted by Crippen LogP contribution is -2.29. The van der Waals surface area contributed by atoms with Crippen molar-refractivity contribution in [3.63, 3.8) is 0 Å². The van der Waals surface area contributed by atoms with Gasteiger partial charge in [0.2, 0.25) is 0 Å². The second kappa shape index (κ2) is 4.36. The predicted molar refractivity (Wildman–Crippen MR) is 62.2 cm³/mol. The lowest BCUT2D eigenvalue weighted by molar-refractivity contribution is -0.142. The van der Waals surface area contributed by atoms with E-state index in [4.69, 9.17) is 0 Å². The largest absolute Gasteiger partial charge is 0.408 e. The molecule has 1 amide bonds. The number of amides is 1. The quantitative estimate of drug-likeness (QED) is 0.835. The molecule has 0 atom stereocenters. The van der Waals surface area contributed by atoms with Crippen molar-refractivity contribution in [2.24, 2.45) is 0 Å².